The van der Waals surface area contributed by atoms with Gasteiger partial charge in [0.2, 0.25) is 0 Å². The third-order valence-electron chi connectivity index (χ3n) is 2.67. The van der Waals surface area contributed by atoms with Gasteiger partial charge in [0.15, 0.2) is 0 Å². The molecule has 0 radical (unpaired) electrons. The van der Waals surface area contributed by atoms with Crippen LogP contribution in [0.3, 0.4) is 0 Å². The first kappa shape index (κ1) is 12.9. The number of hydrogen-bond acceptors (Lipinski definition) is 5. The Balaban J connectivity index is 2.13. The van der Waals surface area contributed by atoms with Crippen LogP contribution in [0.1, 0.15) is 0 Å². The normalized spacial score (nSPS) is 18.6. The average molecular weight is 218 g/mol. The fraction of sp³-hybridized carbons (Fsp3) is 1.00. The molecule has 0 bridgehead atoms. The van der Waals surface area contributed by atoms with Crippen molar-refractivity contribution in [3.05, 3.63) is 0 Å². The predicted molar refractivity (Wildman–Crippen MR) is 57.9 cm³/mol. The monoisotopic (exact) mass is 218 g/mol. The van der Waals surface area contributed by atoms with Gasteiger partial charge >= 0.3 is 0 Å². The molecule has 0 saturated carbocycles. The molecule has 1 rings (SSSR count). The number of ether oxygens (including phenoxy) is 1. The number of aliphatic hydroxyl groups is 2. The highest BCUT2D eigenvalue weighted by Crippen LogP contribution is 1.97. The van der Waals surface area contributed by atoms with Crippen molar-refractivity contribution in [3.8, 4) is 0 Å². The van der Waals surface area contributed by atoms with E-state index in [1.54, 1.807) is 0 Å². The summed E-state index contributed by atoms with van der Waals surface area (Å²) in [6.45, 7) is 7.12. The first-order valence-corrected chi connectivity index (χ1v) is 5.61. The summed E-state index contributed by atoms with van der Waals surface area (Å²) in [4.78, 5) is 4.43. The molecule has 5 heteroatoms. The Morgan fingerprint density at radius 2 is 1.60 bits per heavy atom. The van der Waals surface area contributed by atoms with Gasteiger partial charge in [0.1, 0.15) is 0 Å². The summed E-state index contributed by atoms with van der Waals surface area (Å²) in [5.74, 6) is 0. The van der Waals surface area contributed by atoms with Crippen molar-refractivity contribution in [1.29, 1.82) is 0 Å². The second-order valence-corrected chi connectivity index (χ2v) is 3.74. The molecule has 0 spiro atoms. The quantitative estimate of drug-likeness (QED) is 0.551. The first-order valence-electron chi connectivity index (χ1n) is 5.61. The molecule has 1 saturated heterocycles. The minimum absolute atomic E-state index is 0.156. The lowest BCUT2D eigenvalue weighted by Gasteiger charge is -2.29. The zero-order valence-corrected chi connectivity index (χ0v) is 9.27. The van der Waals surface area contributed by atoms with Crippen LogP contribution in [-0.2, 0) is 4.74 Å². The molecule has 1 fully saturated rings. The van der Waals surface area contributed by atoms with E-state index in [1.807, 2.05) is 0 Å². The molecule has 0 amide bonds. The van der Waals surface area contributed by atoms with Crippen molar-refractivity contribution in [1.82, 2.24) is 9.80 Å². The summed E-state index contributed by atoms with van der Waals surface area (Å²) >= 11 is 0. The zero-order chi connectivity index (χ0) is 10.9. The van der Waals surface area contributed by atoms with E-state index < -0.39 is 0 Å². The van der Waals surface area contributed by atoms with E-state index in [-0.39, 0.29) is 13.2 Å². The van der Waals surface area contributed by atoms with Crippen molar-refractivity contribution in [2.45, 2.75) is 0 Å². The minimum atomic E-state index is 0.156. The Bertz CT molecular complexity index is 146. The van der Waals surface area contributed by atoms with Crippen LogP contribution in [-0.4, -0.2) is 85.7 Å². The summed E-state index contributed by atoms with van der Waals surface area (Å²) in [6, 6.07) is 0. The van der Waals surface area contributed by atoms with Crippen LogP contribution in [0.2, 0.25) is 0 Å². The summed E-state index contributed by atoms with van der Waals surface area (Å²) in [5.41, 5.74) is 0. The van der Waals surface area contributed by atoms with Gasteiger partial charge in [0.25, 0.3) is 0 Å². The van der Waals surface area contributed by atoms with E-state index in [2.05, 4.69) is 9.80 Å². The molecule has 90 valence electrons. The molecule has 5 nitrogen and oxygen atoms in total. The van der Waals surface area contributed by atoms with E-state index >= 15 is 0 Å². The maximum Gasteiger partial charge on any atom is 0.0594 e. The predicted octanol–water partition coefficient (Wildman–Crippen LogP) is -1.39. The van der Waals surface area contributed by atoms with Gasteiger partial charge in [-0.3, -0.25) is 9.80 Å². The van der Waals surface area contributed by atoms with E-state index in [1.165, 1.54) is 0 Å². The lowest BCUT2D eigenvalue weighted by atomic mass is 10.4. The van der Waals surface area contributed by atoms with Crippen LogP contribution in [0.5, 0.6) is 0 Å². The molecule has 2 N–H and O–H groups in total. The fourth-order valence-electron chi connectivity index (χ4n) is 1.73. The summed E-state index contributed by atoms with van der Waals surface area (Å²) < 4.78 is 5.27. The molecule has 1 aliphatic rings. The molecule has 0 atom stereocenters. The second-order valence-electron chi connectivity index (χ2n) is 3.74. The van der Waals surface area contributed by atoms with Crippen molar-refractivity contribution in [2.75, 3.05) is 65.7 Å². The molecule has 0 aromatic carbocycles. The number of morpholine rings is 1. The average Bonchev–Trinajstić information content (AvgIpc) is 2.28. The van der Waals surface area contributed by atoms with Gasteiger partial charge in [-0.25, -0.2) is 0 Å². The smallest absolute Gasteiger partial charge is 0.0594 e. The van der Waals surface area contributed by atoms with Crippen LogP contribution in [0, 0.1) is 0 Å². The lowest BCUT2D eigenvalue weighted by Crippen LogP contribution is -2.42. The Labute approximate surface area is 91.2 Å². The molecule has 15 heavy (non-hydrogen) atoms. The zero-order valence-electron chi connectivity index (χ0n) is 9.27. The van der Waals surface area contributed by atoms with E-state index in [0.717, 1.165) is 39.4 Å². The van der Waals surface area contributed by atoms with Crippen LogP contribution < -0.4 is 0 Å². The van der Waals surface area contributed by atoms with E-state index in [0.29, 0.717) is 13.1 Å². The van der Waals surface area contributed by atoms with Gasteiger partial charge in [0, 0.05) is 39.3 Å². The van der Waals surface area contributed by atoms with Crippen molar-refractivity contribution in [2.24, 2.45) is 0 Å². The molecule has 0 aromatic rings. The Kier molecular flexibility index (Phi) is 6.87. The highest BCUT2D eigenvalue weighted by molar-refractivity contribution is 4.65. The second kappa shape index (κ2) is 8.01. The van der Waals surface area contributed by atoms with Crippen molar-refractivity contribution >= 4 is 0 Å². The molecular weight excluding hydrogens is 196 g/mol. The van der Waals surface area contributed by atoms with Crippen LogP contribution >= 0.6 is 0 Å². The maximum atomic E-state index is 8.84. The first-order chi connectivity index (χ1) is 7.36. The topological polar surface area (TPSA) is 56.2 Å². The largest absolute Gasteiger partial charge is 0.395 e. The maximum absolute atomic E-state index is 8.84. The lowest BCUT2D eigenvalue weighted by molar-refractivity contribution is 0.0315. The standard InChI is InChI=1S/C10H22N2O3/c13-7-3-11(4-8-14)1-2-12-5-9-15-10-6-12/h13-14H,1-10H2. The third kappa shape index (κ3) is 5.44. The number of aliphatic hydroxyl groups excluding tert-OH is 2. The molecule has 1 heterocycles. The number of rotatable bonds is 7. The van der Waals surface area contributed by atoms with Crippen molar-refractivity contribution in [3.63, 3.8) is 0 Å². The van der Waals surface area contributed by atoms with Crippen LogP contribution in [0.25, 0.3) is 0 Å². The van der Waals surface area contributed by atoms with Gasteiger partial charge in [0.05, 0.1) is 26.4 Å². The fourth-order valence-corrected chi connectivity index (χ4v) is 1.73. The number of nitrogens with zero attached hydrogens (tertiary/aromatic N) is 2. The van der Waals surface area contributed by atoms with Gasteiger partial charge in [-0.15, -0.1) is 0 Å². The van der Waals surface area contributed by atoms with Crippen molar-refractivity contribution < 1.29 is 14.9 Å². The van der Waals surface area contributed by atoms with Gasteiger partial charge in [-0.2, -0.15) is 0 Å². The summed E-state index contributed by atoms with van der Waals surface area (Å²) in [6.07, 6.45) is 0. The summed E-state index contributed by atoms with van der Waals surface area (Å²) in [7, 11) is 0. The Morgan fingerprint density at radius 3 is 2.13 bits per heavy atom. The molecular formula is C10H22N2O3. The number of hydrogen-bond donors (Lipinski definition) is 2. The highest BCUT2D eigenvalue weighted by Gasteiger charge is 2.11. The van der Waals surface area contributed by atoms with Crippen LogP contribution in [0.15, 0.2) is 0 Å². The van der Waals surface area contributed by atoms with E-state index in [9.17, 15) is 0 Å². The molecule has 0 aliphatic carbocycles. The Hall–Kier alpha value is -0.200. The third-order valence-corrected chi connectivity index (χ3v) is 2.67. The van der Waals surface area contributed by atoms with Gasteiger partial charge in [-0.05, 0) is 0 Å². The van der Waals surface area contributed by atoms with Gasteiger partial charge < -0.3 is 14.9 Å². The highest BCUT2D eigenvalue weighted by atomic mass is 16.5. The molecule has 1 aliphatic heterocycles. The Morgan fingerprint density at radius 1 is 1.00 bits per heavy atom. The van der Waals surface area contributed by atoms with Crippen LogP contribution in [0.4, 0.5) is 0 Å². The molecule has 0 unspecified atom stereocenters. The van der Waals surface area contributed by atoms with E-state index in [4.69, 9.17) is 14.9 Å². The minimum Gasteiger partial charge on any atom is -0.395 e. The SMILES string of the molecule is OCCN(CCO)CCN1CCOCC1. The van der Waals surface area contributed by atoms with Gasteiger partial charge in [-0.1, -0.05) is 0 Å². The summed E-state index contributed by atoms with van der Waals surface area (Å²) in [5, 5.41) is 17.7. The molecule has 0 aromatic heterocycles.